The van der Waals surface area contributed by atoms with Gasteiger partial charge in [-0.1, -0.05) is 72.3 Å². The zero-order valence-corrected chi connectivity index (χ0v) is 15.1. The van der Waals surface area contributed by atoms with Crippen LogP contribution < -0.4 is 0 Å². The van der Waals surface area contributed by atoms with Gasteiger partial charge >= 0.3 is 0 Å². The second-order valence-electron chi connectivity index (χ2n) is 6.00. The van der Waals surface area contributed by atoms with Gasteiger partial charge in [0.2, 0.25) is 0 Å². The molecule has 0 aliphatic heterocycles. The molecule has 4 heteroatoms. The quantitative estimate of drug-likeness (QED) is 0.620. The summed E-state index contributed by atoms with van der Waals surface area (Å²) >= 11 is 0. The highest BCUT2D eigenvalue weighted by Gasteiger charge is 2.15. The number of hydrogen-bond acceptors (Lipinski definition) is 3. The molecular formula is C22H18O3S. The summed E-state index contributed by atoms with van der Waals surface area (Å²) in [6.45, 7) is 1.91. The fourth-order valence-corrected chi connectivity index (χ4v) is 3.85. The van der Waals surface area contributed by atoms with Crippen LogP contribution in [0.3, 0.4) is 0 Å². The first-order valence-electron chi connectivity index (χ1n) is 8.14. The Balaban J connectivity index is 2.14. The van der Waals surface area contributed by atoms with E-state index in [2.05, 4.69) is 0 Å². The lowest BCUT2D eigenvalue weighted by molar-refractivity contribution is 0.112. The predicted octanol–water partition coefficient (Wildman–Crippen LogP) is 4.67. The maximum Gasteiger partial charge on any atom is 0.200 e. The maximum atomic E-state index is 12.9. The third-order valence-corrected chi connectivity index (χ3v) is 5.54. The van der Waals surface area contributed by atoms with E-state index in [1.165, 1.54) is 5.41 Å². The van der Waals surface area contributed by atoms with E-state index >= 15 is 0 Å². The summed E-state index contributed by atoms with van der Waals surface area (Å²) in [5.41, 5.74) is 3.66. The Kier molecular flexibility index (Phi) is 5.14. The summed E-state index contributed by atoms with van der Waals surface area (Å²) in [6, 6.07) is 23.0. The Morgan fingerprint density at radius 2 is 1.35 bits per heavy atom. The molecule has 3 rings (SSSR count). The van der Waals surface area contributed by atoms with Gasteiger partial charge in [0, 0.05) is 16.5 Å². The van der Waals surface area contributed by atoms with E-state index in [4.69, 9.17) is 0 Å². The largest absolute Gasteiger partial charge is 0.298 e. The zero-order valence-electron chi connectivity index (χ0n) is 14.3. The maximum absolute atomic E-state index is 12.9. The molecule has 0 bridgehead atoms. The number of carbonyl (C=O) groups excluding carboxylic acids is 1. The smallest absolute Gasteiger partial charge is 0.200 e. The van der Waals surface area contributed by atoms with Gasteiger partial charge in [0.15, 0.2) is 9.84 Å². The molecule has 0 saturated carbocycles. The van der Waals surface area contributed by atoms with Crippen molar-refractivity contribution in [2.45, 2.75) is 11.8 Å². The van der Waals surface area contributed by atoms with Crippen LogP contribution in [0.25, 0.3) is 5.57 Å². The van der Waals surface area contributed by atoms with E-state index in [0.29, 0.717) is 11.1 Å². The van der Waals surface area contributed by atoms with Crippen molar-refractivity contribution in [2.75, 3.05) is 0 Å². The van der Waals surface area contributed by atoms with Crippen LogP contribution in [0.4, 0.5) is 0 Å². The Bertz CT molecular complexity index is 1030. The minimum atomic E-state index is -3.62. The number of aryl methyl sites for hydroxylation is 1. The van der Waals surface area contributed by atoms with E-state index in [1.807, 2.05) is 37.3 Å². The number of hydrogen-bond donors (Lipinski definition) is 0. The molecule has 0 saturated heterocycles. The number of aldehydes is 1. The summed E-state index contributed by atoms with van der Waals surface area (Å²) in [4.78, 5) is 11.1. The summed E-state index contributed by atoms with van der Waals surface area (Å²) in [7, 11) is -3.62. The van der Waals surface area contributed by atoms with Crippen molar-refractivity contribution in [1.29, 1.82) is 0 Å². The first-order valence-corrected chi connectivity index (χ1v) is 9.69. The number of carbonyl (C=O) groups is 1. The molecule has 0 heterocycles. The molecule has 0 fully saturated rings. The van der Waals surface area contributed by atoms with Crippen molar-refractivity contribution in [1.82, 2.24) is 0 Å². The average Bonchev–Trinajstić information content (AvgIpc) is 2.67. The van der Waals surface area contributed by atoms with Gasteiger partial charge in [-0.05, 0) is 30.2 Å². The molecule has 26 heavy (non-hydrogen) atoms. The molecule has 0 aliphatic rings. The number of benzene rings is 3. The van der Waals surface area contributed by atoms with Gasteiger partial charge in [-0.2, -0.15) is 0 Å². The summed E-state index contributed by atoms with van der Waals surface area (Å²) in [5, 5.41) is 1.29. The number of rotatable bonds is 5. The van der Waals surface area contributed by atoms with Gasteiger partial charge in [0.25, 0.3) is 0 Å². The fraction of sp³-hybridized carbons (Fsp3) is 0.0455. The predicted molar refractivity (Wildman–Crippen MR) is 104 cm³/mol. The van der Waals surface area contributed by atoms with Crippen LogP contribution in [0.5, 0.6) is 0 Å². The normalized spacial score (nSPS) is 12.0. The first kappa shape index (κ1) is 17.8. The van der Waals surface area contributed by atoms with E-state index in [0.717, 1.165) is 23.0 Å². The minimum absolute atomic E-state index is 0.251. The molecular weight excluding hydrogens is 344 g/mol. The minimum Gasteiger partial charge on any atom is -0.298 e. The molecule has 0 amide bonds. The number of sulfone groups is 1. The van der Waals surface area contributed by atoms with Crippen molar-refractivity contribution < 1.29 is 13.2 Å². The highest BCUT2D eigenvalue weighted by Crippen LogP contribution is 2.27. The van der Waals surface area contributed by atoms with Crippen LogP contribution in [0.2, 0.25) is 0 Å². The second-order valence-corrected chi connectivity index (χ2v) is 7.79. The van der Waals surface area contributed by atoms with Crippen LogP contribution in [0.15, 0.2) is 89.2 Å². The van der Waals surface area contributed by atoms with Crippen LogP contribution in [-0.2, 0) is 9.84 Å². The molecule has 0 aliphatic carbocycles. The van der Waals surface area contributed by atoms with Crippen LogP contribution in [0, 0.1) is 6.92 Å². The lowest BCUT2D eigenvalue weighted by Crippen LogP contribution is -2.00. The lowest BCUT2D eigenvalue weighted by Gasteiger charge is -2.10. The molecule has 0 spiro atoms. The third kappa shape index (κ3) is 3.98. The van der Waals surface area contributed by atoms with E-state index < -0.39 is 9.84 Å². The highest BCUT2D eigenvalue weighted by atomic mass is 32.2. The van der Waals surface area contributed by atoms with Gasteiger partial charge in [-0.3, -0.25) is 4.79 Å². The molecule has 130 valence electrons. The standard InChI is InChI=1S/C22H18O3S/c1-17-7-13-21(14-8-17)26(24,25)16-22(19-5-3-2-4-6-19)20-11-9-18(15-23)10-12-20/h2-16H,1H3/b22-16-. The molecule has 0 radical (unpaired) electrons. The first-order chi connectivity index (χ1) is 12.5. The zero-order chi connectivity index (χ0) is 18.6. The SMILES string of the molecule is Cc1ccc(S(=O)(=O)/C=C(/c2ccccc2)c2ccc(C=O)cc2)cc1. The highest BCUT2D eigenvalue weighted by molar-refractivity contribution is 7.94. The average molecular weight is 362 g/mol. The topological polar surface area (TPSA) is 51.2 Å². The monoisotopic (exact) mass is 362 g/mol. The molecule has 0 N–H and O–H groups in total. The summed E-state index contributed by atoms with van der Waals surface area (Å²) < 4.78 is 25.8. The summed E-state index contributed by atoms with van der Waals surface area (Å²) in [6.07, 6.45) is 0.763. The second kappa shape index (κ2) is 7.50. The van der Waals surface area contributed by atoms with Crippen molar-refractivity contribution in [3.63, 3.8) is 0 Å². The Hall–Kier alpha value is -2.98. The van der Waals surface area contributed by atoms with Crippen molar-refractivity contribution in [3.8, 4) is 0 Å². The van der Waals surface area contributed by atoms with Gasteiger partial charge < -0.3 is 0 Å². The lowest BCUT2D eigenvalue weighted by atomic mass is 9.99. The Morgan fingerprint density at radius 3 is 1.92 bits per heavy atom. The molecule has 0 atom stereocenters. The van der Waals surface area contributed by atoms with Gasteiger partial charge in [0.05, 0.1) is 4.90 Å². The van der Waals surface area contributed by atoms with Crippen LogP contribution >= 0.6 is 0 Å². The summed E-state index contributed by atoms with van der Waals surface area (Å²) in [5.74, 6) is 0. The van der Waals surface area contributed by atoms with Gasteiger partial charge in [-0.25, -0.2) is 8.42 Å². The fourth-order valence-electron chi connectivity index (χ4n) is 2.61. The van der Waals surface area contributed by atoms with Gasteiger partial charge in [0.1, 0.15) is 6.29 Å². The van der Waals surface area contributed by atoms with Crippen LogP contribution in [0.1, 0.15) is 27.0 Å². The molecule has 3 aromatic rings. The van der Waals surface area contributed by atoms with Crippen LogP contribution in [-0.4, -0.2) is 14.7 Å². The molecule has 3 aromatic carbocycles. The van der Waals surface area contributed by atoms with Crippen molar-refractivity contribution in [2.24, 2.45) is 0 Å². The third-order valence-electron chi connectivity index (χ3n) is 4.07. The Labute approximate surface area is 153 Å². The van der Waals surface area contributed by atoms with E-state index in [1.54, 1.807) is 48.5 Å². The molecule has 0 aromatic heterocycles. The Morgan fingerprint density at radius 1 is 0.769 bits per heavy atom. The van der Waals surface area contributed by atoms with E-state index in [-0.39, 0.29) is 4.90 Å². The van der Waals surface area contributed by atoms with Gasteiger partial charge in [-0.15, -0.1) is 0 Å². The van der Waals surface area contributed by atoms with E-state index in [9.17, 15) is 13.2 Å². The van der Waals surface area contributed by atoms with Crippen molar-refractivity contribution in [3.05, 3.63) is 107 Å². The molecule has 0 unspecified atom stereocenters. The van der Waals surface area contributed by atoms with Crippen molar-refractivity contribution >= 4 is 21.7 Å². The molecule has 3 nitrogen and oxygen atoms in total.